The SMILES string of the molecule is CNC(=O)CN[C@H]1CC[C@H](CN(C)c2ccc(N3C(=O)Cc4cc(OC)c(OC5CCC5)cc4[C@@H]3c3ccc(Cl)cc3)cn2)CC1. The van der Waals surface area contributed by atoms with Crippen molar-refractivity contribution in [2.75, 3.05) is 44.1 Å². The van der Waals surface area contributed by atoms with E-state index in [1.54, 1.807) is 14.2 Å². The number of rotatable bonds is 11. The van der Waals surface area contributed by atoms with Gasteiger partial charge in [0.2, 0.25) is 11.8 Å². The van der Waals surface area contributed by atoms with Crippen molar-refractivity contribution < 1.29 is 19.1 Å². The topological polar surface area (TPSA) is 96.0 Å². The number of nitrogens with zero attached hydrogens (tertiary/aromatic N) is 3. The number of likely N-dealkylation sites (N-methyl/N-ethyl adjacent to an activating group) is 1. The van der Waals surface area contributed by atoms with E-state index in [2.05, 4.69) is 28.6 Å². The molecule has 2 amide bonds. The second-order valence-corrected chi connectivity index (χ2v) is 13.2. The summed E-state index contributed by atoms with van der Waals surface area (Å²) in [5.74, 6) is 2.82. The first-order chi connectivity index (χ1) is 22.3. The van der Waals surface area contributed by atoms with E-state index in [4.69, 9.17) is 26.1 Å². The summed E-state index contributed by atoms with van der Waals surface area (Å²) in [6, 6.07) is 15.7. The molecule has 0 radical (unpaired) electrons. The molecule has 0 bridgehead atoms. The number of benzene rings is 2. The van der Waals surface area contributed by atoms with E-state index in [0.29, 0.717) is 35.0 Å². The highest BCUT2D eigenvalue weighted by molar-refractivity contribution is 6.30. The molecule has 244 valence electrons. The van der Waals surface area contributed by atoms with E-state index in [1.807, 2.05) is 53.6 Å². The fourth-order valence-corrected chi connectivity index (χ4v) is 6.97. The van der Waals surface area contributed by atoms with Crippen molar-refractivity contribution in [3.8, 4) is 11.5 Å². The van der Waals surface area contributed by atoms with E-state index in [-0.39, 0.29) is 30.4 Å². The molecule has 2 aromatic carbocycles. The average Bonchev–Trinajstić information content (AvgIpc) is 3.05. The highest BCUT2D eigenvalue weighted by Crippen LogP contribution is 2.44. The van der Waals surface area contributed by atoms with Crippen LogP contribution in [0.25, 0.3) is 0 Å². The maximum absolute atomic E-state index is 13.9. The van der Waals surface area contributed by atoms with Gasteiger partial charge in [-0.15, -0.1) is 0 Å². The molecule has 2 N–H and O–H groups in total. The molecule has 9 nitrogen and oxygen atoms in total. The van der Waals surface area contributed by atoms with Gasteiger partial charge in [-0.1, -0.05) is 23.7 Å². The van der Waals surface area contributed by atoms with Gasteiger partial charge in [-0.3, -0.25) is 14.5 Å². The Labute approximate surface area is 276 Å². The van der Waals surface area contributed by atoms with Crippen LogP contribution in [0.5, 0.6) is 11.5 Å². The minimum Gasteiger partial charge on any atom is -0.493 e. The second-order valence-electron chi connectivity index (χ2n) is 12.8. The predicted molar refractivity (Wildman–Crippen MR) is 181 cm³/mol. The first-order valence-corrected chi connectivity index (χ1v) is 16.8. The van der Waals surface area contributed by atoms with Gasteiger partial charge in [0.1, 0.15) is 5.82 Å². The first kappa shape index (κ1) is 32.1. The summed E-state index contributed by atoms with van der Waals surface area (Å²) >= 11 is 6.28. The molecule has 2 fully saturated rings. The van der Waals surface area contributed by atoms with Gasteiger partial charge in [0.15, 0.2) is 11.5 Å². The molecule has 0 spiro atoms. The van der Waals surface area contributed by atoms with Crippen molar-refractivity contribution in [2.45, 2.75) is 69.6 Å². The Morgan fingerprint density at radius 2 is 1.80 bits per heavy atom. The zero-order valence-corrected chi connectivity index (χ0v) is 27.7. The Bertz CT molecular complexity index is 1520. The Balaban J connectivity index is 1.21. The van der Waals surface area contributed by atoms with Crippen LogP contribution in [0.3, 0.4) is 0 Å². The third-order valence-electron chi connectivity index (χ3n) is 9.73. The van der Waals surface area contributed by atoms with E-state index in [1.165, 1.54) is 6.42 Å². The molecule has 2 saturated carbocycles. The average molecular weight is 646 g/mol. The number of anilines is 2. The van der Waals surface area contributed by atoms with Crippen LogP contribution < -0.4 is 29.9 Å². The number of methoxy groups -OCH3 is 1. The highest BCUT2D eigenvalue weighted by Gasteiger charge is 2.37. The van der Waals surface area contributed by atoms with Gasteiger partial charge in [-0.25, -0.2) is 4.98 Å². The van der Waals surface area contributed by atoms with Gasteiger partial charge in [-0.2, -0.15) is 0 Å². The largest absolute Gasteiger partial charge is 0.493 e. The van der Waals surface area contributed by atoms with Crippen LogP contribution in [0.2, 0.25) is 5.02 Å². The molecule has 1 aromatic heterocycles. The molecule has 6 rings (SSSR count). The zero-order chi connectivity index (χ0) is 32.2. The van der Waals surface area contributed by atoms with Gasteiger partial charge in [0.25, 0.3) is 0 Å². The van der Waals surface area contributed by atoms with E-state index in [0.717, 1.165) is 73.3 Å². The molecule has 1 atom stereocenters. The summed E-state index contributed by atoms with van der Waals surface area (Å²) in [4.78, 5) is 34.4. The molecular formula is C36H44ClN5O4. The molecule has 1 aliphatic heterocycles. The summed E-state index contributed by atoms with van der Waals surface area (Å²) in [5, 5.41) is 6.69. The van der Waals surface area contributed by atoms with Crippen molar-refractivity contribution in [2.24, 2.45) is 5.92 Å². The Hall–Kier alpha value is -3.82. The van der Waals surface area contributed by atoms with E-state index in [9.17, 15) is 9.59 Å². The monoisotopic (exact) mass is 645 g/mol. The summed E-state index contributed by atoms with van der Waals surface area (Å²) in [6.45, 7) is 1.28. The van der Waals surface area contributed by atoms with Crippen LogP contribution in [0.4, 0.5) is 11.5 Å². The fourth-order valence-electron chi connectivity index (χ4n) is 6.85. The number of hydrogen-bond donors (Lipinski definition) is 2. The summed E-state index contributed by atoms with van der Waals surface area (Å²) in [6.07, 6.45) is 9.84. The first-order valence-electron chi connectivity index (χ1n) is 16.4. The molecular weight excluding hydrogens is 602 g/mol. The Kier molecular flexibility index (Phi) is 9.99. The quantitative estimate of drug-likeness (QED) is 0.277. The molecule has 2 aliphatic carbocycles. The molecule has 0 unspecified atom stereocenters. The highest BCUT2D eigenvalue weighted by atomic mass is 35.5. The van der Waals surface area contributed by atoms with Crippen LogP contribution >= 0.6 is 11.6 Å². The minimum absolute atomic E-state index is 0.00754. The lowest BCUT2D eigenvalue weighted by atomic mass is 9.85. The number of aromatic nitrogens is 1. The maximum Gasteiger partial charge on any atom is 0.233 e. The number of ether oxygens (including phenoxy) is 2. The number of fused-ring (bicyclic) bond motifs is 1. The number of carbonyl (C=O) groups is 2. The summed E-state index contributed by atoms with van der Waals surface area (Å²) in [7, 11) is 5.39. The van der Waals surface area contributed by atoms with E-state index < -0.39 is 0 Å². The lowest BCUT2D eigenvalue weighted by Gasteiger charge is -2.38. The van der Waals surface area contributed by atoms with Gasteiger partial charge in [0.05, 0.1) is 44.1 Å². The number of hydrogen-bond acceptors (Lipinski definition) is 7. The minimum atomic E-state index is -0.374. The number of pyridine rings is 1. The second kappa shape index (κ2) is 14.3. The molecule has 0 saturated heterocycles. The predicted octanol–water partition coefficient (Wildman–Crippen LogP) is 5.68. The van der Waals surface area contributed by atoms with Crippen molar-refractivity contribution in [3.05, 3.63) is 76.4 Å². The number of amides is 2. The summed E-state index contributed by atoms with van der Waals surface area (Å²) < 4.78 is 12.1. The van der Waals surface area contributed by atoms with Crippen LogP contribution in [0.1, 0.15) is 67.7 Å². The van der Waals surface area contributed by atoms with Crippen LogP contribution in [0.15, 0.2) is 54.7 Å². The number of nitrogens with one attached hydrogen (secondary N) is 2. The number of halogens is 1. The molecule has 3 aromatic rings. The lowest BCUT2D eigenvalue weighted by Crippen LogP contribution is -2.41. The summed E-state index contributed by atoms with van der Waals surface area (Å²) in [5.41, 5.74) is 3.65. The van der Waals surface area contributed by atoms with Crippen molar-refractivity contribution in [1.29, 1.82) is 0 Å². The number of carbonyl (C=O) groups excluding carboxylic acids is 2. The Morgan fingerprint density at radius 1 is 1.04 bits per heavy atom. The van der Waals surface area contributed by atoms with Gasteiger partial charge in [0, 0.05) is 31.7 Å². The smallest absolute Gasteiger partial charge is 0.233 e. The van der Waals surface area contributed by atoms with Gasteiger partial charge in [-0.05, 0) is 104 Å². The maximum atomic E-state index is 13.9. The van der Waals surface area contributed by atoms with Gasteiger partial charge < -0.3 is 25.0 Å². The Morgan fingerprint density at radius 3 is 2.43 bits per heavy atom. The van der Waals surface area contributed by atoms with Gasteiger partial charge >= 0.3 is 0 Å². The van der Waals surface area contributed by atoms with Crippen molar-refractivity contribution >= 4 is 34.9 Å². The molecule has 2 heterocycles. The van der Waals surface area contributed by atoms with Crippen LogP contribution in [-0.2, 0) is 16.0 Å². The molecule has 3 aliphatic rings. The fraction of sp³-hybridized carbons (Fsp3) is 0.472. The normalized spacial score (nSPS) is 21.3. The van der Waals surface area contributed by atoms with Crippen LogP contribution in [0, 0.1) is 5.92 Å². The lowest BCUT2D eigenvalue weighted by molar-refractivity contribution is -0.120. The molecule has 46 heavy (non-hydrogen) atoms. The third kappa shape index (κ3) is 7.10. The molecule has 10 heteroatoms. The standard InChI is InChI=1S/C36H44ClN5O4/c1-38-34(43)21-39-27-13-7-23(8-14-27)22-41(2)33-16-15-28(20-40-33)42-35(44)18-25-17-31(45-3)32(46-29-5-4-6-29)19-30(25)36(42)24-9-11-26(37)12-10-24/h9-12,15-17,19-20,23,27,29,36,39H,4-8,13-14,18,21-22H2,1-3H3,(H,38,43)/t23-,27-,36-/m0/s1. The zero-order valence-electron chi connectivity index (χ0n) is 26.9. The van der Waals surface area contributed by atoms with Crippen molar-refractivity contribution in [3.63, 3.8) is 0 Å². The third-order valence-corrected chi connectivity index (χ3v) is 9.98. The van der Waals surface area contributed by atoms with Crippen LogP contribution in [-0.4, -0.2) is 63.2 Å². The van der Waals surface area contributed by atoms with E-state index >= 15 is 0 Å². The van der Waals surface area contributed by atoms with Crippen molar-refractivity contribution in [1.82, 2.24) is 15.6 Å².